The standard InChI is InChI=1S/C23H28N2O8/c1-5-12-32-25(33-14(4)26)18(27)13-15-8-10-16-17(11-9-15)20(23(29)31-7-3)21(24)19(16)22(28)30-6-2/h8-11H,5-7,12-13,24H2,1-4H3. The number of hydrogen-bond acceptors (Lipinski definition) is 9. The predicted octanol–water partition coefficient (Wildman–Crippen LogP) is 2.92. The van der Waals surface area contributed by atoms with Crippen molar-refractivity contribution in [2.24, 2.45) is 0 Å². The van der Waals surface area contributed by atoms with Crippen LogP contribution in [-0.2, 0) is 35.2 Å². The summed E-state index contributed by atoms with van der Waals surface area (Å²) in [6.07, 6.45) is 0.433. The molecular formula is C23H28N2O8. The van der Waals surface area contributed by atoms with Crippen molar-refractivity contribution in [1.29, 1.82) is 0 Å². The van der Waals surface area contributed by atoms with Gasteiger partial charge in [0, 0.05) is 6.92 Å². The van der Waals surface area contributed by atoms with E-state index in [2.05, 4.69) is 0 Å². The highest BCUT2D eigenvalue weighted by Gasteiger charge is 2.30. The number of carbonyl (C=O) groups excluding carboxylic acids is 4. The van der Waals surface area contributed by atoms with E-state index in [1.54, 1.807) is 38.1 Å². The summed E-state index contributed by atoms with van der Waals surface area (Å²) >= 11 is 0. The Morgan fingerprint density at radius 2 is 1.39 bits per heavy atom. The molecule has 0 saturated carbocycles. The van der Waals surface area contributed by atoms with Gasteiger partial charge in [-0.25, -0.2) is 19.2 Å². The fourth-order valence-electron chi connectivity index (χ4n) is 3.11. The second-order valence-corrected chi connectivity index (χ2v) is 6.92. The van der Waals surface area contributed by atoms with Crippen LogP contribution in [0.2, 0.25) is 0 Å². The van der Waals surface area contributed by atoms with Crippen LogP contribution >= 0.6 is 0 Å². The molecule has 10 nitrogen and oxygen atoms in total. The minimum atomic E-state index is -0.703. The van der Waals surface area contributed by atoms with Crippen molar-refractivity contribution in [3.05, 3.63) is 41.0 Å². The first kappa shape index (κ1) is 25.6. The molecule has 2 N–H and O–H groups in total. The van der Waals surface area contributed by atoms with Crippen molar-refractivity contribution in [2.45, 2.75) is 40.5 Å². The van der Waals surface area contributed by atoms with Crippen LogP contribution in [0, 0.1) is 0 Å². The number of anilines is 1. The topological polar surface area (TPSA) is 134 Å². The fraction of sp³-hybridized carbons (Fsp3) is 0.391. The van der Waals surface area contributed by atoms with Crippen LogP contribution in [0.25, 0.3) is 11.1 Å². The first-order chi connectivity index (χ1) is 15.7. The van der Waals surface area contributed by atoms with Gasteiger partial charge in [-0.15, -0.1) is 0 Å². The molecule has 0 heterocycles. The summed E-state index contributed by atoms with van der Waals surface area (Å²) in [6.45, 7) is 6.75. The molecule has 0 saturated heterocycles. The number of carbonyl (C=O) groups is 4. The Bertz CT molecular complexity index is 949. The Hall–Kier alpha value is -3.66. The summed E-state index contributed by atoms with van der Waals surface area (Å²) < 4.78 is 10.2. The van der Waals surface area contributed by atoms with Gasteiger partial charge in [0.15, 0.2) is 0 Å². The lowest BCUT2D eigenvalue weighted by Gasteiger charge is -2.18. The van der Waals surface area contributed by atoms with Gasteiger partial charge >= 0.3 is 17.9 Å². The Morgan fingerprint density at radius 1 is 0.879 bits per heavy atom. The highest BCUT2D eigenvalue weighted by atomic mass is 17.0. The molecule has 0 unspecified atom stereocenters. The summed E-state index contributed by atoms with van der Waals surface area (Å²) in [6, 6.07) is 6.35. The zero-order valence-electron chi connectivity index (χ0n) is 19.1. The summed E-state index contributed by atoms with van der Waals surface area (Å²) in [4.78, 5) is 59.0. The average molecular weight is 460 g/mol. The number of nitrogens with zero attached hydrogens (tertiary/aromatic N) is 1. The first-order valence-corrected chi connectivity index (χ1v) is 10.6. The molecule has 1 amide bonds. The zero-order valence-corrected chi connectivity index (χ0v) is 19.1. The van der Waals surface area contributed by atoms with E-state index >= 15 is 0 Å². The van der Waals surface area contributed by atoms with Crippen molar-refractivity contribution in [3.8, 4) is 11.1 Å². The number of fused-ring (bicyclic) bond motifs is 1. The minimum absolute atomic E-state index is 0.0280. The second-order valence-electron chi connectivity index (χ2n) is 6.92. The van der Waals surface area contributed by atoms with Crippen molar-refractivity contribution in [3.63, 3.8) is 0 Å². The van der Waals surface area contributed by atoms with Crippen molar-refractivity contribution < 1.29 is 38.3 Å². The average Bonchev–Trinajstić information content (AvgIpc) is 2.89. The summed E-state index contributed by atoms with van der Waals surface area (Å²) in [5.41, 5.74) is 7.49. The molecule has 0 bridgehead atoms. The molecule has 0 spiro atoms. The van der Waals surface area contributed by atoms with Crippen molar-refractivity contribution in [2.75, 3.05) is 25.6 Å². The molecule has 0 aromatic carbocycles. The third kappa shape index (κ3) is 6.19. The third-order valence-corrected chi connectivity index (χ3v) is 4.44. The lowest BCUT2D eigenvalue weighted by atomic mass is 10.1. The Morgan fingerprint density at radius 3 is 1.82 bits per heavy atom. The first-order valence-electron chi connectivity index (χ1n) is 10.6. The number of hydroxylamine groups is 2. The molecule has 33 heavy (non-hydrogen) atoms. The van der Waals surface area contributed by atoms with E-state index in [1.165, 1.54) is 0 Å². The molecule has 2 aliphatic rings. The van der Waals surface area contributed by atoms with E-state index in [4.69, 9.17) is 24.9 Å². The third-order valence-electron chi connectivity index (χ3n) is 4.44. The zero-order chi connectivity index (χ0) is 24.5. The molecule has 0 atom stereocenters. The number of hydrogen-bond donors (Lipinski definition) is 1. The molecule has 0 aromatic heterocycles. The van der Waals surface area contributed by atoms with Gasteiger partial charge in [0.2, 0.25) is 0 Å². The highest BCUT2D eigenvalue weighted by molar-refractivity contribution is 6.15. The monoisotopic (exact) mass is 460 g/mol. The number of ether oxygens (including phenoxy) is 2. The fourth-order valence-corrected chi connectivity index (χ4v) is 3.11. The number of rotatable bonds is 9. The van der Waals surface area contributed by atoms with Crippen LogP contribution in [0.15, 0.2) is 24.3 Å². The molecule has 2 aliphatic carbocycles. The largest absolute Gasteiger partial charge is 0.462 e. The molecule has 10 heteroatoms. The van der Waals surface area contributed by atoms with Gasteiger partial charge in [-0.05, 0) is 42.2 Å². The maximum Gasteiger partial charge on any atom is 0.340 e. The lowest BCUT2D eigenvalue weighted by Crippen LogP contribution is -2.34. The van der Waals surface area contributed by atoms with Gasteiger partial charge in [0.25, 0.3) is 5.91 Å². The van der Waals surface area contributed by atoms with E-state index in [1.807, 2.05) is 6.92 Å². The van der Waals surface area contributed by atoms with Crippen LogP contribution in [0.1, 0.15) is 60.4 Å². The normalized spacial score (nSPS) is 10.5. The lowest BCUT2D eigenvalue weighted by molar-refractivity contribution is -0.321. The van der Waals surface area contributed by atoms with E-state index < -0.39 is 23.8 Å². The molecule has 178 valence electrons. The smallest absolute Gasteiger partial charge is 0.340 e. The van der Waals surface area contributed by atoms with Crippen LogP contribution < -0.4 is 5.73 Å². The molecule has 0 aliphatic heterocycles. The second kappa shape index (κ2) is 11.8. The Labute approximate surface area is 191 Å². The molecule has 0 fully saturated rings. The molecular weight excluding hydrogens is 432 g/mol. The van der Waals surface area contributed by atoms with Gasteiger partial charge in [-0.1, -0.05) is 31.2 Å². The van der Waals surface area contributed by atoms with E-state index in [0.29, 0.717) is 28.3 Å². The number of esters is 2. The molecule has 2 rings (SSSR count). The number of nitrogen functional groups attached to an aromatic ring is 1. The van der Waals surface area contributed by atoms with Gasteiger partial charge in [-0.2, -0.15) is 0 Å². The summed E-state index contributed by atoms with van der Waals surface area (Å²) in [5.74, 6) is -2.66. The van der Waals surface area contributed by atoms with Gasteiger partial charge < -0.3 is 20.0 Å². The van der Waals surface area contributed by atoms with Crippen molar-refractivity contribution in [1.82, 2.24) is 5.23 Å². The maximum atomic E-state index is 12.6. The predicted molar refractivity (Wildman–Crippen MR) is 118 cm³/mol. The minimum Gasteiger partial charge on any atom is -0.462 e. The van der Waals surface area contributed by atoms with Crippen LogP contribution in [-0.4, -0.2) is 48.9 Å². The van der Waals surface area contributed by atoms with Gasteiger partial charge in [-0.3, -0.25) is 4.79 Å². The summed E-state index contributed by atoms with van der Waals surface area (Å²) in [5, 5.41) is 0.560. The molecule has 0 radical (unpaired) electrons. The van der Waals surface area contributed by atoms with E-state index in [-0.39, 0.29) is 43.1 Å². The van der Waals surface area contributed by atoms with Crippen LogP contribution in [0.4, 0.5) is 5.69 Å². The van der Waals surface area contributed by atoms with Crippen molar-refractivity contribution >= 4 is 29.5 Å². The van der Waals surface area contributed by atoms with Crippen LogP contribution in [0.3, 0.4) is 0 Å². The summed E-state index contributed by atoms with van der Waals surface area (Å²) in [7, 11) is 0. The maximum absolute atomic E-state index is 12.6. The number of amides is 1. The SMILES string of the molecule is CCCON(OC(C)=O)C(=O)Cc1ccc2c(C(=O)OCC)c(N)c(C(=O)OCC)c-2cc1. The van der Waals surface area contributed by atoms with Crippen LogP contribution in [0.5, 0.6) is 0 Å². The Kier molecular flexibility index (Phi) is 9.17. The van der Waals surface area contributed by atoms with Gasteiger partial charge in [0.05, 0.1) is 43.1 Å². The van der Waals surface area contributed by atoms with E-state index in [0.717, 1.165) is 6.92 Å². The van der Waals surface area contributed by atoms with E-state index in [9.17, 15) is 19.2 Å². The quantitative estimate of drug-likeness (QED) is 0.443. The Balaban J connectivity index is 2.49. The molecule has 0 aromatic rings. The van der Waals surface area contributed by atoms with Gasteiger partial charge in [0.1, 0.15) is 0 Å². The highest BCUT2D eigenvalue weighted by Crippen LogP contribution is 2.39. The number of nitrogens with two attached hydrogens (primary N) is 1.